The average molecular weight is 268 g/mol. The number of nitrogens with one attached hydrogen (secondary N) is 1. The number of hydrogen-bond acceptors (Lipinski definition) is 3. The van der Waals surface area contributed by atoms with E-state index in [4.69, 9.17) is 10.5 Å². The lowest BCUT2D eigenvalue weighted by molar-refractivity contribution is -0.135. The topological polar surface area (TPSA) is 64.3 Å². The molecule has 0 saturated heterocycles. The van der Waals surface area contributed by atoms with Gasteiger partial charge in [-0.05, 0) is 40.0 Å². The first-order valence-corrected chi connectivity index (χ1v) is 7.57. The molecule has 110 valence electrons. The van der Waals surface area contributed by atoms with Crippen LogP contribution in [0.2, 0.25) is 0 Å². The number of carbonyl (C=O) groups excluding carboxylic acids is 1. The van der Waals surface area contributed by atoms with Gasteiger partial charge < -0.3 is 15.8 Å². The number of hydrogen-bond donors (Lipinski definition) is 2. The van der Waals surface area contributed by atoms with Gasteiger partial charge in [0.15, 0.2) is 0 Å². The molecule has 0 radical (unpaired) electrons. The minimum absolute atomic E-state index is 0.235. The van der Waals surface area contributed by atoms with Crippen LogP contribution in [-0.4, -0.2) is 31.2 Å². The molecule has 0 aromatic heterocycles. The zero-order chi connectivity index (χ0) is 14.1. The molecular weight excluding hydrogens is 240 g/mol. The van der Waals surface area contributed by atoms with Crippen LogP contribution in [0.3, 0.4) is 0 Å². The second-order valence-electron chi connectivity index (χ2n) is 6.80. The van der Waals surface area contributed by atoms with Crippen LogP contribution in [-0.2, 0) is 9.53 Å². The van der Waals surface area contributed by atoms with Crippen molar-refractivity contribution in [1.29, 1.82) is 0 Å². The summed E-state index contributed by atoms with van der Waals surface area (Å²) in [4.78, 5) is 11.4. The molecule has 0 aliphatic heterocycles. The maximum Gasteiger partial charge on any atom is 0.224 e. The zero-order valence-corrected chi connectivity index (χ0v) is 12.5. The first-order chi connectivity index (χ1) is 8.92. The molecule has 0 aromatic rings. The van der Waals surface area contributed by atoms with Crippen molar-refractivity contribution < 1.29 is 9.53 Å². The van der Waals surface area contributed by atoms with E-state index >= 15 is 0 Å². The van der Waals surface area contributed by atoms with E-state index < -0.39 is 5.41 Å². The van der Waals surface area contributed by atoms with Gasteiger partial charge in [-0.15, -0.1) is 0 Å². The molecule has 2 rings (SSSR count). The van der Waals surface area contributed by atoms with Crippen LogP contribution in [0.1, 0.15) is 52.9 Å². The molecule has 2 fully saturated rings. The highest BCUT2D eigenvalue weighted by Gasteiger charge is 2.56. The fourth-order valence-electron chi connectivity index (χ4n) is 3.64. The molecule has 2 atom stereocenters. The van der Waals surface area contributed by atoms with E-state index in [9.17, 15) is 4.79 Å². The Balaban J connectivity index is 1.93. The van der Waals surface area contributed by atoms with Gasteiger partial charge in [-0.2, -0.15) is 0 Å². The van der Waals surface area contributed by atoms with Crippen molar-refractivity contribution in [3.05, 3.63) is 0 Å². The summed E-state index contributed by atoms with van der Waals surface area (Å²) in [6, 6.07) is 0.491. The van der Waals surface area contributed by atoms with Crippen LogP contribution in [0.15, 0.2) is 0 Å². The fraction of sp³-hybridized carbons (Fsp3) is 0.933. The monoisotopic (exact) mass is 268 g/mol. The van der Waals surface area contributed by atoms with E-state index in [1.54, 1.807) is 0 Å². The molecule has 0 bridgehead atoms. The summed E-state index contributed by atoms with van der Waals surface area (Å²) in [5.41, 5.74) is 5.28. The first kappa shape index (κ1) is 14.8. The third-order valence-electron chi connectivity index (χ3n) is 5.14. The van der Waals surface area contributed by atoms with Gasteiger partial charge >= 0.3 is 0 Å². The Labute approximate surface area is 116 Å². The lowest BCUT2D eigenvalue weighted by Gasteiger charge is -2.54. The van der Waals surface area contributed by atoms with Crippen molar-refractivity contribution >= 4 is 5.91 Å². The highest BCUT2D eigenvalue weighted by molar-refractivity contribution is 5.80. The van der Waals surface area contributed by atoms with Crippen molar-refractivity contribution in [2.24, 2.45) is 16.6 Å². The average Bonchev–Trinajstić information content (AvgIpc) is 2.84. The number of amides is 1. The highest BCUT2D eigenvalue weighted by atomic mass is 16.5. The Bertz CT molecular complexity index is 335. The van der Waals surface area contributed by atoms with Gasteiger partial charge in [-0.25, -0.2) is 0 Å². The third-order valence-corrected chi connectivity index (χ3v) is 5.14. The summed E-state index contributed by atoms with van der Waals surface area (Å²) < 4.78 is 5.89. The number of ether oxygens (including phenoxy) is 1. The molecule has 4 heteroatoms. The second kappa shape index (κ2) is 5.41. The number of carbonyl (C=O) groups is 1. The van der Waals surface area contributed by atoms with Gasteiger partial charge in [-0.3, -0.25) is 4.79 Å². The Hall–Kier alpha value is -0.610. The number of nitrogens with two attached hydrogens (primary N) is 1. The molecule has 2 aliphatic carbocycles. The van der Waals surface area contributed by atoms with Gasteiger partial charge in [0.25, 0.3) is 0 Å². The minimum atomic E-state index is -0.476. The summed E-state index contributed by atoms with van der Waals surface area (Å²) >= 11 is 0. The molecule has 1 amide bonds. The minimum Gasteiger partial charge on any atom is -0.378 e. The van der Waals surface area contributed by atoms with Gasteiger partial charge in [0.05, 0.1) is 11.5 Å². The summed E-state index contributed by atoms with van der Waals surface area (Å²) in [5, 5.41) is 3.58. The van der Waals surface area contributed by atoms with E-state index in [1.165, 1.54) is 25.7 Å². The summed E-state index contributed by atoms with van der Waals surface area (Å²) in [6.45, 7) is 7.34. The van der Waals surface area contributed by atoms with Gasteiger partial charge in [0.1, 0.15) is 0 Å². The molecule has 3 N–H and O–H groups in total. The number of rotatable bonds is 6. The Morgan fingerprint density at radius 2 is 2.05 bits per heavy atom. The van der Waals surface area contributed by atoms with Gasteiger partial charge in [-0.1, -0.05) is 12.8 Å². The largest absolute Gasteiger partial charge is 0.378 e. The van der Waals surface area contributed by atoms with Crippen LogP contribution in [0.5, 0.6) is 0 Å². The predicted molar refractivity (Wildman–Crippen MR) is 75.7 cm³/mol. The third kappa shape index (κ3) is 2.65. The Morgan fingerprint density at radius 1 is 1.42 bits per heavy atom. The molecule has 2 saturated carbocycles. The van der Waals surface area contributed by atoms with Crippen molar-refractivity contribution in [1.82, 2.24) is 5.32 Å². The smallest absolute Gasteiger partial charge is 0.224 e. The normalized spacial score (nSPS) is 29.4. The zero-order valence-electron chi connectivity index (χ0n) is 12.5. The molecule has 0 heterocycles. The molecule has 1 spiro atoms. The van der Waals surface area contributed by atoms with E-state index in [-0.39, 0.29) is 5.91 Å². The standard InChI is InChI=1S/C15H28N2O2/c1-4-19-12-9-11(15(12)7-5-6-8-15)17-10-14(2,3)13(16)18/h11-12,17H,4-10H2,1-3H3,(H2,16,18). The summed E-state index contributed by atoms with van der Waals surface area (Å²) in [6.07, 6.45) is 6.61. The highest BCUT2D eigenvalue weighted by Crippen LogP contribution is 2.54. The van der Waals surface area contributed by atoms with Crippen LogP contribution >= 0.6 is 0 Å². The lowest BCUT2D eigenvalue weighted by Crippen LogP contribution is -2.64. The summed E-state index contributed by atoms with van der Waals surface area (Å²) in [5.74, 6) is -0.235. The van der Waals surface area contributed by atoms with Gasteiger partial charge in [0.2, 0.25) is 5.91 Å². The second-order valence-corrected chi connectivity index (χ2v) is 6.80. The van der Waals surface area contributed by atoms with Crippen molar-refractivity contribution in [3.8, 4) is 0 Å². The molecule has 4 nitrogen and oxygen atoms in total. The molecule has 2 unspecified atom stereocenters. The van der Waals surface area contributed by atoms with Crippen molar-refractivity contribution in [2.45, 2.75) is 65.0 Å². The van der Waals surface area contributed by atoms with Crippen LogP contribution in [0, 0.1) is 10.8 Å². The Morgan fingerprint density at radius 3 is 2.58 bits per heavy atom. The van der Waals surface area contributed by atoms with Crippen LogP contribution < -0.4 is 11.1 Å². The molecule has 2 aliphatic rings. The predicted octanol–water partition coefficient (Wildman–Crippen LogP) is 1.83. The van der Waals surface area contributed by atoms with E-state index in [1.807, 2.05) is 13.8 Å². The van der Waals surface area contributed by atoms with E-state index in [0.29, 0.717) is 24.1 Å². The van der Waals surface area contributed by atoms with Crippen molar-refractivity contribution in [2.75, 3.05) is 13.2 Å². The maximum atomic E-state index is 11.4. The van der Waals surface area contributed by atoms with E-state index in [2.05, 4.69) is 12.2 Å². The first-order valence-electron chi connectivity index (χ1n) is 7.57. The lowest BCUT2D eigenvalue weighted by atomic mass is 9.60. The van der Waals surface area contributed by atoms with Crippen molar-refractivity contribution in [3.63, 3.8) is 0 Å². The summed E-state index contributed by atoms with van der Waals surface area (Å²) in [7, 11) is 0. The van der Waals surface area contributed by atoms with E-state index in [0.717, 1.165) is 13.0 Å². The molecule has 19 heavy (non-hydrogen) atoms. The fourth-order valence-corrected chi connectivity index (χ4v) is 3.64. The van der Waals surface area contributed by atoms with Gasteiger partial charge in [0, 0.05) is 24.6 Å². The maximum absolute atomic E-state index is 11.4. The van der Waals surface area contributed by atoms with Crippen LogP contribution in [0.25, 0.3) is 0 Å². The molecule has 0 aromatic carbocycles. The number of primary amides is 1. The molecular formula is C15H28N2O2. The Kier molecular flexibility index (Phi) is 4.21. The quantitative estimate of drug-likeness (QED) is 0.772. The SMILES string of the molecule is CCOC1CC(NCC(C)(C)C(N)=O)C12CCCC2. The van der Waals surface area contributed by atoms with Crippen LogP contribution in [0.4, 0.5) is 0 Å².